The summed E-state index contributed by atoms with van der Waals surface area (Å²) < 4.78 is 12.3. The number of carboxylic acid groups (broad SMARTS) is 1. The maximum absolute atomic E-state index is 12.6. The van der Waals surface area contributed by atoms with Gasteiger partial charge < -0.3 is 14.4 Å². The number of amides is 1. The third-order valence-corrected chi connectivity index (χ3v) is 7.04. The van der Waals surface area contributed by atoms with Crippen molar-refractivity contribution in [2.45, 2.75) is 38.2 Å². The number of nitrogens with zero attached hydrogens (tertiary/aromatic N) is 2. The zero-order valence-corrected chi connectivity index (χ0v) is 21.0. The number of ether oxygens (including phenoxy) is 1. The summed E-state index contributed by atoms with van der Waals surface area (Å²) in [4.78, 5) is 24.2. The third-order valence-electron chi connectivity index (χ3n) is 6.69. The number of benzene rings is 3. The van der Waals surface area contributed by atoms with Crippen LogP contribution in [0.25, 0.3) is 16.8 Å². The summed E-state index contributed by atoms with van der Waals surface area (Å²) >= 11 is 6.21. The van der Waals surface area contributed by atoms with Gasteiger partial charge in [0.25, 0.3) is 0 Å². The Bertz CT molecular complexity index is 1460. The van der Waals surface area contributed by atoms with Crippen LogP contribution in [0.5, 0.6) is 0 Å². The van der Waals surface area contributed by atoms with Crippen molar-refractivity contribution in [1.82, 2.24) is 5.27 Å². The molecule has 2 N–H and O–H groups in total. The van der Waals surface area contributed by atoms with Gasteiger partial charge in [-0.15, -0.1) is 0 Å². The Labute approximate surface area is 218 Å². The first-order valence-electron chi connectivity index (χ1n) is 11.8. The van der Waals surface area contributed by atoms with Crippen molar-refractivity contribution in [2.75, 3.05) is 5.32 Å². The van der Waals surface area contributed by atoms with E-state index >= 15 is 0 Å². The zero-order valence-electron chi connectivity index (χ0n) is 20.3. The molecule has 1 fully saturated rings. The third kappa shape index (κ3) is 4.80. The quantitative estimate of drug-likeness (QED) is 0.290. The molecule has 188 valence electrons. The highest BCUT2D eigenvalue weighted by Crippen LogP contribution is 2.48. The van der Waals surface area contributed by atoms with Gasteiger partial charge in [-0.05, 0) is 54.7 Å². The van der Waals surface area contributed by atoms with Gasteiger partial charge >= 0.3 is 17.9 Å². The van der Waals surface area contributed by atoms with E-state index in [0.29, 0.717) is 40.7 Å². The Morgan fingerprint density at radius 3 is 2.27 bits per heavy atom. The molecule has 5 rings (SSSR count). The molecule has 3 aromatic carbocycles. The molecule has 1 atom stereocenters. The van der Waals surface area contributed by atoms with Gasteiger partial charge in [0.1, 0.15) is 11.4 Å². The van der Waals surface area contributed by atoms with Crippen LogP contribution in [0.1, 0.15) is 42.8 Å². The molecule has 1 saturated carbocycles. The summed E-state index contributed by atoms with van der Waals surface area (Å²) in [5, 5.41) is 16.8. The number of carbonyl (C=O) groups is 2. The molecule has 0 bridgehead atoms. The average Bonchev–Trinajstić information content (AvgIpc) is 3.64. The van der Waals surface area contributed by atoms with E-state index in [1.165, 1.54) is 4.68 Å². The molecule has 1 amide bonds. The minimum absolute atomic E-state index is 0.344. The van der Waals surface area contributed by atoms with E-state index in [4.69, 9.17) is 20.9 Å². The number of aryl methyl sites for hydroxylation is 1. The van der Waals surface area contributed by atoms with Crippen molar-refractivity contribution >= 4 is 29.5 Å². The molecule has 1 aliphatic carbocycles. The molecule has 4 aromatic rings. The van der Waals surface area contributed by atoms with E-state index in [0.717, 1.165) is 16.7 Å². The molecule has 9 heteroatoms. The van der Waals surface area contributed by atoms with Crippen LogP contribution in [0.3, 0.4) is 0 Å². The predicted molar refractivity (Wildman–Crippen MR) is 137 cm³/mol. The first-order valence-corrected chi connectivity index (χ1v) is 12.2. The Morgan fingerprint density at radius 2 is 1.68 bits per heavy atom. The van der Waals surface area contributed by atoms with Crippen molar-refractivity contribution in [1.29, 1.82) is 0 Å². The number of aromatic nitrogens is 2. The summed E-state index contributed by atoms with van der Waals surface area (Å²) in [6.45, 7) is 3.43. The fourth-order valence-electron chi connectivity index (χ4n) is 4.34. The van der Waals surface area contributed by atoms with Gasteiger partial charge in [0.15, 0.2) is 5.69 Å². The monoisotopic (exact) mass is 518 g/mol. The van der Waals surface area contributed by atoms with Crippen LogP contribution in [-0.4, -0.2) is 22.4 Å². The van der Waals surface area contributed by atoms with Crippen molar-refractivity contribution in [3.05, 3.63) is 94.7 Å². The minimum Gasteiger partial charge on any atom is -0.481 e. The highest BCUT2D eigenvalue weighted by Gasteiger charge is 2.51. The number of nitrogens with one attached hydrogen (secondary N) is 1. The van der Waals surface area contributed by atoms with Crippen molar-refractivity contribution < 1.29 is 28.6 Å². The van der Waals surface area contributed by atoms with Crippen molar-refractivity contribution in [3.63, 3.8) is 0 Å². The fourth-order valence-corrected chi connectivity index (χ4v) is 4.62. The van der Waals surface area contributed by atoms with E-state index in [2.05, 4.69) is 10.6 Å². The lowest BCUT2D eigenvalue weighted by Crippen LogP contribution is -2.37. The molecule has 0 radical (unpaired) electrons. The fraction of sp³-hybridized carbons (Fsp3) is 0.214. The number of hydrogen-bond acceptors (Lipinski definition) is 5. The first-order chi connectivity index (χ1) is 17.8. The van der Waals surface area contributed by atoms with Gasteiger partial charge in [0.2, 0.25) is 5.76 Å². The summed E-state index contributed by atoms with van der Waals surface area (Å²) in [5.74, 6) is -0.0116. The Morgan fingerprint density at radius 1 is 1.05 bits per heavy atom. The first kappa shape index (κ1) is 24.5. The number of aliphatic carboxylic acids is 1. The SMILES string of the molecule is Cc1on[n+](-c2ccc(-c3ccc(C4(C(=O)O)CC4)cc3)cc2)c1NC(=O)OC(C)c1ccccc1Cl. The molecule has 1 heterocycles. The topological polar surface area (TPSA) is 106 Å². The molecular weight excluding hydrogens is 494 g/mol. The van der Waals surface area contributed by atoms with Gasteiger partial charge in [-0.1, -0.05) is 70.9 Å². The maximum atomic E-state index is 12.6. The second-order valence-corrected chi connectivity index (χ2v) is 9.50. The van der Waals surface area contributed by atoms with Crippen LogP contribution in [0, 0.1) is 6.92 Å². The lowest BCUT2D eigenvalue weighted by atomic mass is 9.94. The molecule has 0 aliphatic heterocycles. The summed E-state index contributed by atoms with van der Waals surface area (Å²) in [6.07, 6.45) is 0.124. The zero-order chi connectivity index (χ0) is 26.2. The van der Waals surface area contributed by atoms with Crippen LogP contribution < -0.4 is 10.00 Å². The van der Waals surface area contributed by atoms with E-state index in [1.54, 1.807) is 26.0 Å². The maximum Gasteiger partial charge on any atom is 0.505 e. The lowest BCUT2D eigenvalue weighted by molar-refractivity contribution is -0.657. The molecule has 0 spiro atoms. The molecule has 8 nitrogen and oxygen atoms in total. The van der Waals surface area contributed by atoms with Gasteiger partial charge in [0, 0.05) is 17.5 Å². The largest absolute Gasteiger partial charge is 0.505 e. The van der Waals surface area contributed by atoms with Crippen molar-refractivity contribution in [2.24, 2.45) is 0 Å². The number of rotatable bonds is 7. The smallest absolute Gasteiger partial charge is 0.481 e. The molecule has 37 heavy (non-hydrogen) atoms. The number of carbonyl (C=O) groups excluding carboxylic acids is 1. The number of carboxylic acids is 1. The second-order valence-electron chi connectivity index (χ2n) is 9.10. The van der Waals surface area contributed by atoms with E-state index in [1.807, 2.05) is 60.7 Å². The summed E-state index contributed by atoms with van der Waals surface area (Å²) in [7, 11) is 0. The number of hydrogen-bond donors (Lipinski definition) is 2. The molecule has 0 saturated heterocycles. The summed E-state index contributed by atoms with van der Waals surface area (Å²) in [5.41, 5.74) is 3.41. The molecule has 1 unspecified atom stereocenters. The molecular formula is C28H25ClN3O5+. The average molecular weight is 519 g/mol. The van der Waals surface area contributed by atoms with E-state index < -0.39 is 23.6 Å². The second kappa shape index (κ2) is 9.71. The lowest BCUT2D eigenvalue weighted by Gasteiger charge is -2.13. The number of anilines is 1. The van der Waals surface area contributed by atoms with Gasteiger partial charge in [-0.25, -0.2) is 0 Å². The Balaban J connectivity index is 1.30. The van der Waals surface area contributed by atoms with Crippen molar-refractivity contribution in [3.8, 4) is 16.8 Å². The standard InChI is InChI=1S/C28H24ClN3O5/c1-17(23-5-3-4-6-24(23)29)36-27(35)30-25-18(2)37-31-32(25)22-13-9-20(10-14-22)19-7-11-21(12-8-19)28(15-16-28)26(33)34/h3-14,17H,15-16H2,1-2H3,(H-,30,33,34,35)/p+1. The van der Waals surface area contributed by atoms with Gasteiger partial charge in [-0.3, -0.25) is 4.79 Å². The minimum atomic E-state index is -0.767. The molecule has 1 aromatic heterocycles. The van der Waals surface area contributed by atoms with Crippen LogP contribution in [-0.2, 0) is 14.9 Å². The Hall–Kier alpha value is -4.17. The van der Waals surface area contributed by atoms with Crippen LogP contribution in [0.2, 0.25) is 5.02 Å². The van der Waals surface area contributed by atoms with E-state index in [9.17, 15) is 14.7 Å². The predicted octanol–water partition coefficient (Wildman–Crippen LogP) is 6.01. The normalized spacial score (nSPS) is 14.6. The van der Waals surface area contributed by atoms with E-state index in [-0.39, 0.29) is 0 Å². The highest BCUT2D eigenvalue weighted by molar-refractivity contribution is 6.31. The van der Waals surface area contributed by atoms with Crippen LogP contribution >= 0.6 is 11.6 Å². The van der Waals surface area contributed by atoms with Gasteiger partial charge in [0.05, 0.1) is 5.41 Å². The Kier molecular flexibility index (Phi) is 6.43. The summed E-state index contributed by atoms with van der Waals surface area (Å²) in [6, 6.07) is 22.4. The van der Waals surface area contributed by atoms with Crippen LogP contribution in [0.4, 0.5) is 10.6 Å². The highest BCUT2D eigenvalue weighted by atomic mass is 35.5. The molecule has 1 aliphatic rings. The van der Waals surface area contributed by atoms with Crippen LogP contribution in [0.15, 0.2) is 77.3 Å². The van der Waals surface area contributed by atoms with Gasteiger partial charge in [-0.2, -0.15) is 10.1 Å². The number of halogens is 1.